The summed E-state index contributed by atoms with van der Waals surface area (Å²) in [6.07, 6.45) is 0. The van der Waals surface area contributed by atoms with Gasteiger partial charge in [-0.25, -0.2) is 0 Å². The second kappa shape index (κ2) is 10.9. The number of ether oxygens (including phenoxy) is 1. The van der Waals surface area contributed by atoms with E-state index >= 15 is 0 Å². The van der Waals surface area contributed by atoms with Crippen molar-refractivity contribution >= 4 is 30.7 Å². The second-order valence-corrected chi connectivity index (χ2v) is 6.01. The van der Waals surface area contributed by atoms with E-state index in [1.165, 1.54) is 0 Å². The normalized spacial score (nSPS) is 18.7. The summed E-state index contributed by atoms with van der Waals surface area (Å²) in [4.78, 5) is 14.4. The molecule has 0 radical (unpaired) electrons. The molecule has 3 atom stereocenters. The van der Waals surface area contributed by atoms with Crippen LogP contribution >= 0.6 is 24.8 Å². The highest BCUT2D eigenvalue weighted by Crippen LogP contribution is 2.23. The van der Waals surface area contributed by atoms with Crippen molar-refractivity contribution in [1.82, 2.24) is 10.2 Å². The van der Waals surface area contributed by atoms with Crippen LogP contribution in [0.3, 0.4) is 0 Å². The monoisotopic (exact) mass is 381 g/mol. The van der Waals surface area contributed by atoms with Crippen molar-refractivity contribution in [3.8, 4) is 0 Å². The van der Waals surface area contributed by atoms with E-state index in [0.717, 1.165) is 24.6 Å². The first-order chi connectivity index (χ1) is 10.5. The summed E-state index contributed by atoms with van der Waals surface area (Å²) in [5, 5.41) is 3.01. The molecular formula is C16H29Cl2N3O3. The summed E-state index contributed by atoms with van der Waals surface area (Å²) < 4.78 is 11.2. The Kier molecular flexibility index (Phi) is 10.6. The van der Waals surface area contributed by atoms with Gasteiger partial charge in [0, 0.05) is 31.6 Å². The Morgan fingerprint density at radius 2 is 1.92 bits per heavy atom. The molecule has 140 valence electrons. The average molecular weight is 382 g/mol. The van der Waals surface area contributed by atoms with Gasteiger partial charge in [-0.05, 0) is 26.0 Å². The van der Waals surface area contributed by atoms with E-state index < -0.39 is 0 Å². The van der Waals surface area contributed by atoms with Crippen LogP contribution in [0.4, 0.5) is 0 Å². The number of carbonyl (C=O) groups excluding carboxylic acids is 1. The lowest BCUT2D eigenvalue weighted by molar-refractivity contribution is -0.125. The number of carbonyl (C=O) groups is 1. The van der Waals surface area contributed by atoms with E-state index in [2.05, 4.69) is 10.2 Å². The maximum absolute atomic E-state index is 12.1. The molecule has 2 rings (SSSR count). The lowest BCUT2D eigenvalue weighted by Crippen LogP contribution is -2.46. The van der Waals surface area contributed by atoms with E-state index in [4.69, 9.17) is 14.9 Å². The predicted molar refractivity (Wildman–Crippen MR) is 98.9 cm³/mol. The Bertz CT molecular complexity index is 491. The molecule has 0 saturated carbocycles. The Morgan fingerprint density at radius 1 is 1.29 bits per heavy atom. The first kappa shape index (κ1) is 23.2. The molecule has 8 heteroatoms. The van der Waals surface area contributed by atoms with E-state index in [0.29, 0.717) is 19.8 Å². The van der Waals surface area contributed by atoms with Crippen LogP contribution in [0.15, 0.2) is 16.5 Å². The van der Waals surface area contributed by atoms with Gasteiger partial charge in [0.1, 0.15) is 11.5 Å². The van der Waals surface area contributed by atoms with Crippen LogP contribution in [0.5, 0.6) is 0 Å². The molecule has 1 aliphatic heterocycles. The van der Waals surface area contributed by atoms with E-state index in [-0.39, 0.29) is 48.7 Å². The Labute approximate surface area is 156 Å². The van der Waals surface area contributed by atoms with Crippen LogP contribution in [-0.4, -0.2) is 49.7 Å². The molecule has 24 heavy (non-hydrogen) atoms. The van der Waals surface area contributed by atoms with Crippen LogP contribution in [-0.2, 0) is 9.53 Å². The minimum absolute atomic E-state index is 0. The number of nitrogens with zero attached hydrogens (tertiary/aromatic N) is 1. The van der Waals surface area contributed by atoms with Crippen molar-refractivity contribution in [2.24, 2.45) is 11.7 Å². The smallest absolute Gasteiger partial charge is 0.224 e. The number of hydrogen-bond acceptors (Lipinski definition) is 5. The third-order valence-corrected chi connectivity index (χ3v) is 4.25. The SMILES string of the molecule is Cc1ccc(C(CNC(=O)C(C)C(C)N)N2CCOCC2)o1.Cl.Cl. The lowest BCUT2D eigenvalue weighted by Gasteiger charge is -2.33. The van der Waals surface area contributed by atoms with Crippen LogP contribution in [0.2, 0.25) is 0 Å². The van der Waals surface area contributed by atoms with Gasteiger partial charge in [0.2, 0.25) is 5.91 Å². The molecule has 1 amide bonds. The first-order valence-electron chi connectivity index (χ1n) is 7.90. The summed E-state index contributed by atoms with van der Waals surface area (Å²) in [6, 6.07) is 3.81. The molecule has 1 fully saturated rings. The number of nitrogens with one attached hydrogen (secondary N) is 1. The van der Waals surface area contributed by atoms with Gasteiger partial charge in [-0.15, -0.1) is 24.8 Å². The number of nitrogens with two attached hydrogens (primary N) is 1. The van der Waals surface area contributed by atoms with Crippen LogP contribution in [0.25, 0.3) is 0 Å². The third-order valence-electron chi connectivity index (χ3n) is 4.25. The predicted octanol–water partition coefficient (Wildman–Crippen LogP) is 1.90. The fraction of sp³-hybridized carbons (Fsp3) is 0.688. The molecule has 0 aromatic carbocycles. The van der Waals surface area contributed by atoms with Crippen molar-refractivity contribution in [2.75, 3.05) is 32.8 Å². The highest BCUT2D eigenvalue weighted by Gasteiger charge is 2.26. The zero-order valence-corrected chi connectivity index (χ0v) is 16.1. The maximum atomic E-state index is 12.1. The molecule has 0 spiro atoms. The summed E-state index contributed by atoms with van der Waals surface area (Å²) >= 11 is 0. The molecule has 6 nitrogen and oxygen atoms in total. The summed E-state index contributed by atoms with van der Waals surface area (Å²) in [6.45, 7) is 9.23. The highest BCUT2D eigenvalue weighted by atomic mass is 35.5. The van der Waals surface area contributed by atoms with Gasteiger partial charge in [0.15, 0.2) is 0 Å². The summed E-state index contributed by atoms with van der Waals surface area (Å²) in [5.74, 6) is 1.54. The molecule has 1 aliphatic rings. The third kappa shape index (κ3) is 6.26. The Balaban J connectivity index is 0.00000264. The zero-order valence-electron chi connectivity index (χ0n) is 14.5. The molecule has 1 saturated heterocycles. The van der Waals surface area contributed by atoms with Crippen LogP contribution in [0.1, 0.15) is 31.4 Å². The fourth-order valence-electron chi connectivity index (χ4n) is 2.53. The molecule has 1 aromatic rings. The van der Waals surface area contributed by atoms with Crippen molar-refractivity contribution in [3.05, 3.63) is 23.7 Å². The molecular weight excluding hydrogens is 353 g/mol. The van der Waals surface area contributed by atoms with E-state index in [1.807, 2.05) is 32.9 Å². The highest BCUT2D eigenvalue weighted by molar-refractivity contribution is 5.85. The van der Waals surface area contributed by atoms with Gasteiger partial charge < -0.3 is 20.2 Å². The van der Waals surface area contributed by atoms with Gasteiger partial charge in [0.25, 0.3) is 0 Å². The number of rotatable bonds is 6. The lowest BCUT2D eigenvalue weighted by atomic mass is 10.0. The van der Waals surface area contributed by atoms with Crippen LogP contribution < -0.4 is 11.1 Å². The van der Waals surface area contributed by atoms with Gasteiger partial charge >= 0.3 is 0 Å². The molecule has 3 N–H and O–H groups in total. The van der Waals surface area contributed by atoms with E-state index in [1.54, 1.807) is 0 Å². The number of amides is 1. The quantitative estimate of drug-likeness (QED) is 0.786. The Morgan fingerprint density at radius 3 is 2.42 bits per heavy atom. The number of morpholine rings is 1. The Hall–Kier alpha value is -0.790. The fourth-order valence-corrected chi connectivity index (χ4v) is 2.53. The molecule has 0 aliphatic carbocycles. The number of halogens is 2. The summed E-state index contributed by atoms with van der Waals surface area (Å²) in [7, 11) is 0. The van der Waals surface area contributed by atoms with Crippen molar-refractivity contribution in [2.45, 2.75) is 32.9 Å². The van der Waals surface area contributed by atoms with Gasteiger partial charge in [-0.1, -0.05) is 6.92 Å². The van der Waals surface area contributed by atoms with Gasteiger partial charge in [-0.3, -0.25) is 9.69 Å². The first-order valence-corrected chi connectivity index (χ1v) is 7.90. The largest absolute Gasteiger partial charge is 0.465 e. The molecule has 2 heterocycles. The van der Waals surface area contributed by atoms with Crippen molar-refractivity contribution < 1.29 is 13.9 Å². The second-order valence-electron chi connectivity index (χ2n) is 6.01. The number of hydrogen-bond donors (Lipinski definition) is 2. The number of furan rings is 1. The van der Waals surface area contributed by atoms with Gasteiger partial charge in [0.05, 0.1) is 19.3 Å². The standard InChI is InChI=1S/C16H27N3O3.2ClH/c1-11-4-5-15(22-11)14(19-6-8-21-9-7-19)10-18-16(20)12(2)13(3)17;;/h4-5,12-14H,6-10,17H2,1-3H3,(H,18,20);2*1H. The maximum Gasteiger partial charge on any atom is 0.224 e. The average Bonchev–Trinajstić information content (AvgIpc) is 2.93. The van der Waals surface area contributed by atoms with Crippen molar-refractivity contribution in [3.63, 3.8) is 0 Å². The topological polar surface area (TPSA) is 80.7 Å². The number of aryl methyl sites for hydroxylation is 1. The van der Waals surface area contributed by atoms with E-state index in [9.17, 15) is 4.79 Å². The van der Waals surface area contributed by atoms with Crippen molar-refractivity contribution in [1.29, 1.82) is 0 Å². The molecule has 0 bridgehead atoms. The molecule has 1 aromatic heterocycles. The van der Waals surface area contributed by atoms with Crippen LogP contribution in [0, 0.1) is 12.8 Å². The minimum Gasteiger partial charge on any atom is -0.465 e. The summed E-state index contributed by atoms with van der Waals surface area (Å²) in [5.41, 5.74) is 5.79. The molecule has 3 unspecified atom stereocenters. The minimum atomic E-state index is -0.205. The zero-order chi connectivity index (χ0) is 16.1. The van der Waals surface area contributed by atoms with Gasteiger partial charge in [-0.2, -0.15) is 0 Å².